The van der Waals surface area contributed by atoms with Crippen LogP contribution in [0.1, 0.15) is 74.2 Å². The highest BCUT2D eigenvalue weighted by molar-refractivity contribution is 6.28. The van der Waals surface area contributed by atoms with Crippen LogP contribution in [0.3, 0.4) is 0 Å². The number of fused-ring (bicyclic) bond motifs is 2. The minimum Gasteiger partial charge on any atom is -0.394 e. The number of aromatic nitrogens is 8. The van der Waals surface area contributed by atoms with Gasteiger partial charge < -0.3 is 19.7 Å². The van der Waals surface area contributed by atoms with Crippen LogP contribution in [-0.2, 0) is 9.47 Å². The molecule has 8 atom stereocenters. The summed E-state index contributed by atoms with van der Waals surface area (Å²) in [7, 11) is 0. The van der Waals surface area contributed by atoms with Crippen LogP contribution in [0.4, 0.5) is 11.6 Å². The molecule has 4 aromatic heterocycles. The molecule has 20 heteroatoms. The number of benzene rings is 4. The van der Waals surface area contributed by atoms with Crippen molar-refractivity contribution in [3.05, 3.63) is 169 Å². The van der Waals surface area contributed by atoms with E-state index in [1.807, 2.05) is 0 Å². The van der Waals surface area contributed by atoms with Gasteiger partial charge in [-0.05, 0) is 55.0 Å². The number of ether oxygens (including phenoxy) is 2. The Morgan fingerprint density at radius 3 is 1.24 bits per heavy atom. The maximum Gasteiger partial charge on any atom is 0.266 e. The quantitative estimate of drug-likeness (QED) is 0.104. The van der Waals surface area contributed by atoms with Crippen LogP contribution in [-0.4, -0.2) is 109 Å². The van der Waals surface area contributed by atoms with Crippen molar-refractivity contribution < 1.29 is 38.9 Å². The number of amides is 4. The Balaban J connectivity index is 0.000000174. The molecule has 2 fully saturated rings. The first kappa shape index (κ1) is 47.7. The van der Waals surface area contributed by atoms with Gasteiger partial charge in [0.05, 0.1) is 30.7 Å². The van der Waals surface area contributed by atoms with Crippen molar-refractivity contribution in [1.29, 1.82) is 0 Å². The minimum atomic E-state index is -1.11. The van der Waals surface area contributed by atoms with Crippen molar-refractivity contribution in [3.8, 4) is 0 Å². The molecule has 4 amide bonds. The van der Waals surface area contributed by atoms with E-state index in [9.17, 15) is 29.4 Å². The zero-order chi connectivity index (χ0) is 49.1. The lowest BCUT2D eigenvalue weighted by atomic mass is 10.0. The van der Waals surface area contributed by atoms with Gasteiger partial charge >= 0.3 is 0 Å². The highest BCUT2D eigenvalue weighted by Crippen LogP contribution is 2.41. The smallest absolute Gasteiger partial charge is 0.266 e. The second-order valence-electron chi connectivity index (χ2n) is 16.4. The van der Waals surface area contributed by atoms with E-state index in [1.165, 1.54) is 23.5 Å². The Morgan fingerprint density at radius 1 is 0.557 bits per heavy atom. The maximum absolute atomic E-state index is 13.6. The third-order valence-corrected chi connectivity index (χ3v) is 13.2. The molecule has 0 aliphatic carbocycles. The maximum atomic E-state index is 13.6. The average Bonchev–Trinajstić information content (AvgIpc) is 4.18. The van der Waals surface area contributed by atoms with Crippen molar-refractivity contribution in [2.75, 3.05) is 16.4 Å². The normalized spacial score (nSPS) is 21.8. The van der Waals surface area contributed by atoms with Crippen LogP contribution in [0.25, 0.3) is 22.3 Å². The predicted molar refractivity (Wildman–Crippen MR) is 258 cm³/mol. The zero-order valence-corrected chi connectivity index (χ0v) is 39.0. The second kappa shape index (κ2) is 20.7. The summed E-state index contributed by atoms with van der Waals surface area (Å²) in [4.78, 5) is 82.4. The standard InChI is InChI=1S/C26H24ClN5O3.C24H20ClN5O5/c1-3-19-16(2)20(27)26(35-19)31-15-30-21-22(31)28-14-29-23(21)32(24(33)17-10-6-4-7-11-17)25(34)18-12-8-5-9-13-18;25-17-19(32)16(11-31)35-24(17)29-13-28-18-20(29)26-12-27-21(18)30(22(33)14-7-3-1-4-8-14)23(34)15-9-5-2-6-10-15/h4-16,19-20,26H,3H2,1-2H3;1-10,12-13,16-17,19,24,31-32H,11H2/t16-,19-,20-,26-;16-,17-,19-,24-/m11/s1. The first-order valence-corrected chi connectivity index (χ1v) is 23.1. The lowest BCUT2D eigenvalue weighted by molar-refractivity contribution is -0.0431. The lowest BCUT2D eigenvalue weighted by Gasteiger charge is -2.21. The van der Waals surface area contributed by atoms with Crippen molar-refractivity contribution in [2.45, 2.75) is 61.8 Å². The Hall–Kier alpha value is -7.32. The molecule has 6 heterocycles. The van der Waals surface area contributed by atoms with Gasteiger partial charge in [0, 0.05) is 28.2 Å². The molecule has 2 saturated heterocycles. The number of carbonyl (C=O) groups is 4. The highest BCUT2D eigenvalue weighted by atomic mass is 35.5. The van der Waals surface area contributed by atoms with Gasteiger partial charge in [0.25, 0.3) is 23.6 Å². The molecular weight excluding hydrogens is 940 g/mol. The molecule has 0 radical (unpaired) electrons. The first-order valence-electron chi connectivity index (χ1n) is 22.2. The summed E-state index contributed by atoms with van der Waals surface area (Å²) >= 11 is 13.1. The van der Waals surface area contributed by atoms with Crippen molar-refractivity contribution in [2.24, 2.45) is 5.92 Å². The number of carbonyl (C=O) groups excluding carboxylic acids is 4. The summed E-state index contributed by atoms with van der Waals surface area (Å²) in [6.07, 6.45) is 2.97. The van der Waals surface area contributed by atoms with E-state index in [2.05, 4.69) is 43.8 Å². The Bertz CT molecular complexity index is 2840. The number of aliphatic hydroxyl groups is 2. The van der Waals surface area contributed by atoms with E-state index >= 15 is 0 Å². The summed E-state index contributed by atoms with van der Waals surface area (Å²) < 4.78 is 15.1. The largest absolute Gasteiger partial charge is 0.394 e. The van der Waals surface area contributed by atoms with Gasteiger partial charge in [-0.15, -0.1) is 23.2 Å². The number of aliphatic hydroxyl groups excluding tert-OH is 2. The van der Waals surface area contributed by atoms with Gasteiger partial charge in [-0.2, -0.15) is 0 Å². The van der Waals surface area contributed by atoms with Gasteiger partial charge in [0.1, 0.15) is 30.2 Å². The molecule has 0 bridgehead atoms. The van der Waals surface area contributed by atoms with Gasteiger partial charge in [-0.25, -0.2) is 39.7 Å². The monoisotopic (exact) mass is 982 g/mol. The Kier molecular flexibility index (Phi) is 14.1. The van der Waals surface area contributed by atoms with E-state index in [-0.39, 0.29) is 51.3 Å². The van der Waals surface area contributed by atoms with E-state index in [0.717, 1.165) is 16.2 Å². The molecule has 10 rings (SSSR count). The van der Waals surface area contributed by atoms with Crippen molar-refractivity contribution >= 4 is 80.8 Å². The number of nitrogens with zero attached hydrogens (tertiary/aromatic N) is 10. The third-order valence-electron chi connectivity index (χ3n) is 12.1. The van der Waals surface area contributed by atoms with Gasteiger partial charge in [0.15, 0.2) is 46.4 Å². The summed E-state index contributed by atoms with van der Waals surface area (Å²) in [5.41, 5.74) is 2.42. The molecule has 4 aromatic carbocycles. The number of rotatable bonds is 10. The van der Waals surface area contributed by atoms with Gasteiger partial charge in [-0.1, -0.05) is 86.6 Å². The van der Waals surface area contributed by atoms with E-state index in [1.54, 1.807) is 132 Å². The minimum absolute atomic E-state index is 0.0112. The molecule has 2 N–H and O–H groups in total. The topological polar surface area (TPSA) is 221 Å². The van der Waals surface area contributed by atoms with Crippen LogP contribution >= 0.6 is 23.2 Å². The highest BCUT2D eigenvalue weighted by Gasteiger charge is 2.45. The lowest BCUT2D eigenvalue weighted by Crippen LogP contribution is -2.38. The molecule has 70 heavy (non-hydrogen) atoms. The molecule has 0 unspecified atom stereocenters. The zero-order valence-electron chi connectivity index (χ0n) is 37.5. The fraction of sp³-hybridized carbons (Fsp3) is 0.240. The molecule has 18 nitrogen and oxygen atoms in total. The summed E-state index contributed by atoms with van der Waals surface area (Å²) in [6.45, 7) is 3.70. The van der Waals surface area contributed by atoms with Crippen LogP contribution < -0.4 is 9.80 Å². The third kappa shape index (κ3) is 9.03. The Labute approximate surface area is 410 Å². The van der Waals surface area contributed by atoms with E-state index < -0.39 is 60.3 Å². The molecule has 0 saturated carbocycles. The molecule has 2 aliphatic rings. The molecule has 356 valence electrons. The van der Waals surface area contributed by atoms with E-state index in [4.69, 9.17) is 32.7 Å². The van der Waals surface area contributed by atoms with Crippen LogP contribution in [0.15, 0.2) is 147 Å². The van der Waals surface area contributed by atoms with Crippen molar-refractivity contribution in [3.63, 3.8) is 0 Å². The molecule has 0 spiro atoms. The van der Waals surface area contributed by atoms with Crippen LogP contribution in [0.2, 0.25) is 0 Å². The number of alkyl halides is 2. The number of anilines is 2. The summed E-state index contributed by atoms with van der Waals surface area (Å²) in [6, 6.07) is 33.9. The molecule has 8 aromatic rings. The van der Waals surface area contributed by atoms with Crippen molar-refractivity contribution in [1.82, 2.24) is 39.0 Å². The number of imide groups is 2. The van der Waals surface area contributed by atoms with Gasteiger partial charge in [0.2, 0.25) is 0 Å². The van der Waals surface area contributed by atoms with E-state index in [0.29, 0.717) is 22.3 Å². The van der Waals surface area contributed by atoms with Crippen LogP contribution in [0, 0.1) is 5.92 Å². The number of hydrogen-bond donors (Lipinski definition) is 2. The molecule has 2 aliphatic heterocycles. The number of imidazole rings is 2. The predicted octanol–water partition coefficient (Wildman–Crippen LogP) is 7.04. The number of hydrogen-bond acceptors (Lipinski definition) is 14. The second-order valence-corrected chi connectivity index (χ2v) is 17.4. The Morgan fingerprint density at radius 2 is 0.914 bits per heavy atom. The molecular formula is C50H44Cl2N10O8. The summed E-state index contributed by atoms with van der Waals surface area (Å²) in [5, 5.41) is 18.5. The summed E-state index contributed by atoms with van der Waals surface area (Å²) in [5.74, 6) is -1.97. The SMILES string of the molecule is CC[C@H]1O[C@@H](n2cnc3c(N(C(=O)c4ccccc4)C(=O)c4ccccc4)ncnc32)[C@H](Cl)[C@@H]1C.O=C(c1ccccc1)N(C(=O)c1ccccc1)c1ncnc2c1ncn2[C@@H]1O[C@H](CO)[C@@H](O)[C@H]1Cl. The van der Waals surface area contributed by atoms with Crippen LogP contribution in [0.5, 0.6) is 0 Å². The number of halogens is 2. The first-order chi connectivity index (χ1) is 34.0. The average molecular weight is 984 g/mol. The fourth-order valence-corrected chi connectivity index (χ4v) is 9.08. The van der Waals surface area contributed by atoms with Gasteiger partial charge in [-0.3, -0.25) is 28.3 Å². The fourth-order valence-electron chi connectivity index (χ4n) is 8.40.